The molecule has 0 saturated heterocycles. The number of hydrogen-bond donors (Lipinski definition) is 2. The molecule has 0 aliphatic heterocycles. The molecule has 0 bridgehead atoms. The predicted molar refractivity (Wildman–Crippen MR) is 136 cm³/mol. The Hall–Kier alpha value is -2.62. The van der Waals surface area contributed by atoms with E-state index in [-0.39, 0.29) is 30.8 Å². The SMILES string of the molecule is CCOc1cc(C=NNC(=O)CCC(=O)Nc2cccc(C)c2C)cc(I)c1OC(C)C. The summed E-state index contributed by atoms with van der Waals surface area (Å²) in [4.78, 5) is 24.2. The fraction of sp³-hybridized carbons (Fsp3) is 0.375. The standard InChI is InChI=1S/C24H30IN3O4/c1-6-31-21-13-18(12-19(25)24(21)32-15(2)3)14-26-28-23(30)11-10-22(29)27-20-9-7-8-16(4)17(20)5/h7-9,12-15H,6,10-11H2,1-5H3,(H,27,29)(H,28,30). The van der Waals surface area contributed by atoms with E-state index >= 15 is 0 Å². The average molecular weight is 551 g/mol. The van der Waals surface area contributed by atoms with Crippen molar-refractivity contribution in [2.45, 2.75) is 53.6 Å². The predicted octanol–water partition coefficient (Wildman–Crippen LogP) is 4.96. The topological polar surface area (TPSA) is 89.0 Å². The summed E-state index contributed by atoms with van der Waals surface area (Å²) in [7, 11) is 0. The lowest BCUT2D eigenvalue weighted by Crippen LogP contribution is -2.21. The number of halogens is 1. The summed E-state index contributed by atoms with van der Waals surface area (Å²) in [6.45, 7) is 10.3. The van der Waals surface area contributed by atoms with Gasteiger partial charge in [0.1, 0.15) is 0 Å². The maximum absolute atomic E-state index is 12.2. The molecule has 0 atom stereocenters. The van der Waals surface area contributed by atoms with Crippen molar-refractivity contribution in [3.05, 3.63) is 50.6 Å². The second-order valence-electron chi connectivity index (χ2n) is 7.52. The van der Waals surface area contributed by atoms with Crippen molar-refractivity contribution in [3.63, 3.8) is 0 Å². The third kappa shape index (κ3) is 7.81. The zero-order valence-corrected chi connectivity index (χ0v) is 21.3. The van der Waals surface area contributed by atoms with E-state index in [9.17, 15) is 9.59 Å². The summed E-state index contributed by atoms with van der Waals surface area (Å²) in [5, 5.41) is 6.85. The van der Waals surface area contributed by atoms with E-state index in [0.29, 0.717) is 18.1 Å². The van der Waals surface area contributed by atoms with Crippen LogP contribution in [-0.2, 0) is 9.59 Å². The summed E-state index contributed by atoms with van der Waals surface area (Å²) in [6.07, 6.45) is 1.67. The van der Waals surface area contributed by atoms with Crippen LogP contribution in [0.15, 0.2) is 35.4 Å². The molecule has 2 rings (SSSR count). The number of rotatable bonds is 10. The van der Waals surface area contributed by atoms with Gasteiger partial charge in [0.15, 0.2) is 11.5 Å². The fourth-order valence-corrected chi connectivity index (χ4v) is 3.59. The lowest BCUT2D eigenvalue weighted by Gasteiger charge is -2.16. The molecule has 32 heavy (non-hydrogen) atoms. The van der Waals surface area contributed by atoms with Gasteiger partial charge in [-0.2, -0.15) is 5.10 Å². The molecule has 2 amide bonds. The smallest absolute Gasteiger partial charge is 0.240 e. The van der Waals surface area contributed by atoms with Crippen molar-refractivity contribution in [1.82, 2.24) is 5.43 Å². The van der Waals surface area contributed by atoms with Gasteiger partial charge < -0.3 is 14.8 Å². The van der Waals surface area contributed by atoms with E-state index < -0.39 is 0 Å². The lowest BCUT2D eigenvalue weighted by molar-refractivity contribution is -0.124. The van der Waals surface area contributed by atoms with E-state index in [1.165, 1.54) is 6.21 Å². The molecule has 0 radical (unpaired) electrons. The first-order valence-corrected chi connectivity index (χ1v) is 11.6. The maximum Gasteiger partial charge on any atom is 0.240 e. The number of aryl methyl sites for hydroxylation is 1. The van der Waals surface area contributed by atoms with Crippen molar-refractivity contribution in [2.75, 3.05) is 11.9 Å². The minimum atomic E-state index is -0.336. The Morgan fingerprint density at radius 3 is 2.56 bits per heavy atom. The van der Waals surface area contributed by atoms with Crippen LogP contribution in [0.1, 0.15) is 50.3 Å². The molecular weight excluding hydrogens is 521 g/mol. The van der Waals surface area contributed by atoms with E-state index in [2.05, 4.69) is 38.4 Å². The molecule has 0 fully saturated rings. The summed E-state index contributed by atoms with van der Waals surface area (Å²) in [5.41, 5.74) is 6.10. The van der Waals surface area contributed by atoms with Crippen LogP contribution < -0.4 is 20.2 Å². The largest absolute Gasteiger partial charge is 0.490 e. The summed E-state index contributed by atoms with van der Waals surface area (Å²) < 4.78 is 12.4. The number of hydrazone groups is 1. The van der Waals surface area contributed by atoms with E-state index in [0.717, 1.165) is 25.9 Å². The van der Waals surface area contributed by atoms with Crippen LogP contribution in [0.3, 0.4) is 0 Å². The highest BCUT2D eigenvalue weighted by atomic mass is 127. The molecule has 0 aliphatic carbocycles. The van der Waals surface area contributed by atoms with Crippen molar-refractivity contribution >= 4 is 46.3 Å². The van der Waals surface area contributed by atoms with Gasteiger partial charge in [-0.05, 0) is 92.1 Å². The first-order chi connectivity index (χ1) is 15.2. The van der Waals surface area contributed by atoms with Gasteiger partial charge in [0, 0.05) is 18.5 Å². The molecule has 2 aromatic rings. The number of benzene rings is 2. The molecule has 7 nitrogen and oxygen atoms in total. The molecule has 0 unspecified atom stereocenters. The minimum absolute atomic E-state index is 0.0218. The number of nitrogens with zero attached hydrogens (tertiary/aromatic N) is 1. The van der Waals surface area contributed by atoms with Crippen molar-refractivity contribution < 1.29 is 19.1 Å². The number of amides is 2. The Morgan fingerprint density at radius 1 is 1.16 bits per heavy atom. The zero-order chi connectivity index (χ0) is 23.7. The van der Waals surface area contributed by atoms with Crippen LogP contribution >= 0.6 is 22.6 Å². The van der Waals surface area contributed by atoms with Crippen LogP contribution in [-0.4, -0.2) is 30.7 Å². The third-order valence-corrected chi connectivity index (χ3v) is 5.35. The van der Waals surface area contributed by atoms with Crippen LogP contribution in [0.25, 0.3) is 0 Å². The van der Waals surface area contributed by atoms with Gasteiger partial charge in [-0.1, -0.05) is 12.1 Å². The highest BCUT2D eigenvalue weighted by molar-refractivity contribution is 14.1. The van der Waals surface area contributed by atoms with E-state index in [1.54, 1.807) is 0 Å². The minimum Gasteiger partial charge on any atom is -0.490 e. The molecule has 2 aromatic carbocycles. The lowest BCUT2D eigenvalue weighted by atomic mass is 10.1. The molecule has 0 spiro atoms. The molecule has 0 heterocycles. The van der Waals surface area contributed by atoms with Gasteiger partial charge in [0.25, 0.3) is 0 Å². The number of ether oxygens (including phenoxy) is 2. The highest BCUT2D eigenvalue weighted by Gasteiger charge is 2.13. The average Bonchev–Trinajstić information content (AvgIpc) is 2.72. The van der Waals surface area contributed by atoms with Crippen LogP contribution in [0.5, 0.6) is 11.5 Å². The normalized spacial score (nSPS) is 11.0. The number of carbonyl (C=O) groups is 2. The quantitative estimate of drug-likeness (QED) is 0.248. The fourth-order valence-electron chi connectivity index (χ4n) is 2.84. The van der Waals surface area contributed by atoms with Gasteiger partial charge in [-0.3, -0.25) is 9.59 Å². The number of hydrogen-bond acceptors (Lipinski definition) is 5. The summed E-state index contributed by atoms with van der Waals surface area (Å²) in [6, 6.07) is 9.43. The first-order valence-electron chi connectivity index (χ1n) is 10.5. The number of anilines is 1. The molecule has 0 aliphatic rings. The van der Waals surface area contributed by atoms with Gasteiger partial charge in [0.05, 0.1) is 22.5 Å². The van der Waals surface area contributed by atoms with Gasteiger partial charge in [0.2, 0.25) is 11.8 Å². The van der Waals surface area contributed by atoms with Crippen molar-refractivity contribution in [3.8, 4) is 11.5 Å². The second-order valence-corrected chi connectivity index (χ2v) is 8.68. The Morgan fingerprint density at radius 2 is 1.88 bits per heavy atom. The molecule has 8 heteroatoms. The third-order valence-electron chi connectivity index (χ3n) is 4.55. The monoisotopic (exact) mass is 551 g/mol. The Bertz CT molecular complexity index is 989. The Labute approximate surface area is 203 Å². The van der Waals surface area contributed by atoms with Gasteiger partial charge in [-0.25, -0.2) is 5.43 Å². The molecule has 0 saturated carbocycles. The maximum atomic E-state index is 12.2. The molecule has 2 N–H and O–H groups in total. The number of carbonyl (C=O) groups excluding carboxylic acids is 2. The molecule has 0 aromatic heterocycles. The summed E-state index contributed by atoms with van der Waals surface area (Å²) >= 11 is 2.18. The molecular formula is C24H30IN3O4. The second kappa shape index (κ2) is 12.4. The Balaban J connectivity index is 1.91. The first kappa shape index (κ1) is 25.6. The van der Waals surface area contributed by atoms with Crippen LogP contribution in [0.2, 0.25) is 0 Å². The number of nitrogens with one attached hydrogen (secondary N) is 2. The van der Waals surface area contributed by atoms with Gasteiger partial charge in [-0.15, -0.1) is 0 Å². The molecule has 172 valence electrons. The van der Waals surface area contributed by atoms with Crippen molar-refractivity contribution in [1.29, 1.82) is 0 Å². The van der Waals surface area contributed by atoms with E-state index in [1.807, 2.05) is 65.0 Å². The van der Waals surface area contributed by atoms with Crippen LogP contribution in [0.4, 0.5) is 5.69 Å². The van der Waals surface area contributed by atoms with E-state index in [4.69, 9.17) is 9.47 Å². The van der Waals surface area contributed by atoms with Gasteiger partial charge >= 0.3 is 0 Å². The summed E-state index contributed by atoms with van der Waals surface area (Å²) in [5.74, 6) is 0.772. The highest BCUT2D eigenvalue weighted by Crippen LogP contribution is 2.34. The Kier molecular flexibility index (Phi) is 9.96. The van der Waals surface area contributed by atoms with Crippen molar-refractivity contribution in [2.24, 2.45) is 5.10 Å². The zero-order valence-electron chi connectivity index (χ0n) is 19.1. The van der Waals surface area contributed by atoms with Crippen LogP contribution in [0, 0.1) is 17.4 Å².